The summed E-state index contributed by atoms with van der Waals surface area (Å²) in [4.78, 5) is 0. The van der Waals surface area contributed by atoms with E-state index in [1.807, 2.05) is 55.5 Å². The maximum Gasteiger partial charge on any atom is 0.115 e. The molecule has 4 nitrogen and oxygen atoms in total. The van der Waals surface area contributed by atoms with Gasteiger partial charge in [-0.15, -0.1) is 0 Å². The van der Waals surface area contributed by atoms with Crippen LogP contribution in [-0.2, 0) is 0 Å². The molecule has 0 aliphatic heterocycles. The molecule has 0 aromatic heterocycles. The first kappa shape index (κ1) is 22.8. The van der Waals surface area contributed by atoms with E-state index in [2.05, 4.69) is 6.92 Å². The van der Waals surface area contributed by atoms with Gasteiger partial charge in [0, 0.05) is 11.8 Å². The van der Waals surface area contributed by atoms with Gasteiger partial charge in [-0.1, -0.05) is 62.4 Å². The first-order valence-electron chi connectivity index (χ1n) is 10.5. The minimum absolute atomic E-state index is 0.152. The minimum Gasteiger partial charge on any atom is -0.508 e. The fraction of sp³-hybridized carbons (Fsp3) is 0.143. The molecule has 0 amide bonds. The SMILES string of the molecule is CC(c1ccc(O)cc1)c1cccc(O)c1.CC(c1cccc(O)c1)c1cccc(O)c1. The third-order valence-corrected chi connectivity index (χ3v) is 5.50. The van der Waals surface area contributed by atoms with Crippen LogP contribution in [0.3, 0.4) is 0 Å². The van der Waals surface area contributed by atoms with Crippen LogP contribution in [0.1, 0.15) is 47.9 Å². The molecule has 0 saturated carbocycles. The third kappa shape index (κ3) is 6.05. The Balaban J connectivity index is 0.000000181. The van der Waals surface area contributed by atoms with Gasteiger partial charge >= 0.3 is 0 Å². The van der Waals surface area contributed by atoms with Crippen molar-refractivity contribution in [2.45, 2.75) is 25.7 Å². The first-order valence-corrected chi connectivity index (χ1v) is 10.5. The smallest absolute Gasteiger partial charge is 0.115 e. The van der Waals surface area contributed by atoms with Gasteiger partial charge in [-0.2, -0.15) is 0 Å². The lowest BCUT2D eigenvalue weighted by atomic mass is 9.93. The fourth-order valence-electron chi connectivity index (χ4n) is 3.53. The minimum atomic E-state index is 0.152. The number of hydrogen-bond donors (Lipinski definition) is 4. The summed E-state index contributed by atoms with van der Waals surface area (Å²) in [7, 11) is 0. The van der Waals surface area contributed by atoms with Crippen molar-refractivity contribution in [3.63, 3.8) is 0 Å². The number of phenolic OH excluding ortho intramolecular Hbond substituents is 4. The molecule has 1 unspecified atom stereocenters. The first-order chi connectivity index (χ1) is 15.3. The van der Waals surface area contributed by atoms with Crippen LogP contribution in [-0.4, -0.2) is 20.4 Å². The second kappa shape index (κ2) is 10.4. The van der Waals surface area contributed by atoms with Crippen molar-refractivity contribution in [1.29, 1.82) is 0 Å². The summed E-state index contributed by atoms with van der Waals surface area (Å²) >= 11 is 0. The molecule has 4 aromatic carbocycles. The molecule has 0 saturated heterocycles. The molecule has 1 atom stereocenters. The standard InChI is InChI=1S/2C14H14O2/c1-10(11-4-2-6-13(15)8-11)12-5-3-7-14(16)9-12;1-10(11-5-7-13(15)8-6-11)12-3-2-4-14(16)9-12/h2*2-10,15-16H,1H3. The van der Waals surface area contributed by atoms with Gasteiger partial charge < -0.3 is 20.4 Å². The molecule has 4 rings (SSSR count). The molecule has 164 valence electrons. The van der Waals surface area contributed by atoms with E-state index in [4.69, 9.17) is 0 Å². The van der Waals surface area contributed by atoms with Gasteiger partial charge in [-0.25, -0.2) is 0 Å². The summed E-state index contributed by atoms with van der Waals surface area (Å²) in [5, 5.41) is 37.5. The molecule has 0 aliphatic carbocycles. The Bertz CT molecular complexity index is 1110. The fourth-order valence-corrected chi connectivity index (χ4v) is 3.53. The van der Waals surface area contributed by atoms with Crippen molar-refractivity contribution in [3.8, 4) is 23.0 Å². The van der Waals surface area contributed by atoms with Crippen LogP contribution in [0.4, 0.5) is 0 Å². The zero-order valence-electron chi connectivity index (χ0n) is 18.2. The van der Waals surface area contributed by atoms with E-state index >= 15 is 0 Å². The number of aromatic hydroxyl groups is 4. The van der Waals surface area contributed by atoms with Gasteiger partial charge in [-0.3, -0.25) is 0 Å². The molecule has 0 radical (unpaired) electrons. The van der Waals surface area contributed by atoms with Crippen molar-refractivity contribution in [1.82, 2.24) is 0 Å². The molecule has 32 heavy (non-hydrogen) atoms. The monoisotopic (exact) mass is 428 g/mol. The molecule has 4 aromatic rings. The van der Waals surface area contributed by atoms with Gasteiger partial charge in [-0.05, 0) is 70.8 Å². The lowest BCUT2D eigenvalue weighted by molar-refractivity contribution is 0.473. The predicted molar refractivity (Wildman–Crippen MR) is 127 cm³/mol. The zero-order chi connectivity index (χ0) is 23.1. The summed E-state index contributed by atoms with van der Waals surface area (Å²) < 4.78 is 0. The average molecular weight is 429 g/mol. The van der Waals surface area contributed by atoms with Crippen LogP contribution in [0.25, 0.3) is 0 Å². The quantitative estimate of drug-likeness (QED) is 0.299. The van der Waals surface area contributed by atoms with E-state index < -0.39 is 0 Å². The Kier molecular flexibility index (Phi) is 7.40. The van der Waals surface area contributed by atoms with E-state index in [1.165, 1.54) is 0 Å². The Morgan fingerprint density at radius 1 is 0.406 bits per heavy atom. The van der Waals surface area contributed by atoms with Crippen LogP contribution in [0.15, 0.2) is 97.1 Å². The molecule has 0 spiro atoms. The van der Waals surface area contributed by atoms with E-state index in [1.54, 1.807) is 48.5 Å². The summed E-state index contributed by atoms with van der Waals surface area (Å²) in [6.07, 6.45) is 0. The molecule has 4 heteroatoms. The Morgan fingerprint density at radius 2 is 0.750 bits per heavy atom. The normalized spacial score (nSPS) is 11.5. The number of benzene rings is 4. The van der Waals surface area contributed by atoms with Crippen molar-refractivity contribution >= 4 is 0 Å². The Morgan fingerprint density at radius 3 is 1.09 bits per heavy atom. The van der Waals surface area contributed by atoms with Crippen LogP contribution in [0.5, 0.6) is 23.0 Å². The molecular formula is C28H28O4. The van der Waals surface area contributed by atoms with Crippen molar-refractivity contribution in [2.24, 2.45) is 0 Å². The molecular weight excluding hydrogens is 400 g/mol. The van der Waals surface area contributed by atoms with Gasteiger partial charge in [0.2, 0.25) is 0 Å². The lowest BCUT2D eigenvalue weighted by Gasteiger charge is -2.12. The highest BCUT2D eigenvalue weighted by Gasteiger charge is 2.10. The molecule has 0 aliphatic rings. The maximum absolute atomic E-state index is 9.41. The number of hydrogen-bond acceptors (Lipinski definition) is 4. The van der Waals surface area contributed by atoms with Crippen LogP contribution in [0.2, 0.25) is 0 Å². The van der Waals surface area contributed by atoms with Crippen molar-refractivity contribution in [2.75, 3.05) is 0 Å². The molecule has 0 fully saturated rings. The third-order valence-electron chi connectivity index (χ3n) is 5.50. The van der Waals surface area contributed by atoms with E-state index in [9.17, 15) is 20.4 Å². The number of rotatable bonds is 4. The summed E-state index contributed by atoms with van der Waals surface area (Å²) in [6.45, 7) is 4.12. The second-order valence-corrected chi connectivity index (χ2v) is 7.82. The Hall–Kier alpha value is -3.92. The predicted octanol–water partition coefficient (Wildman–Crippen LogP) is 6.50. The lowest BCUT2D eigenvalue weighted by Crippen LogP contribution is -1.95. The average Bonchev–Trinajstić information content (AvgIpc) is 2.79. The second-order valence-electron chi connectivity index (χ2n) is 7.82. The molecule has 0 heterocycles. The number of phenols is 4. The van der Waals surface area contributed by atoms with Gasteiger partial charge in [0.1, 0.15) is 23.0 Å². The van der Waals surface area contributed by atoms with E-state index in [-0.39, 0.29) is 34.8 Å². The van der Waals surface area contributed by atoms with Crippen LogP contribution >= 0.6 is 0 Å². The summed E-state index contributed by atoms with van der Waals surface area (Å²) in [5.41, 5.74) is 4.24. The highest BCUT2D eigenvalue weighted by molar-refractivity contribution is 5.39. The molecule has 0 bridgehead atoms. The Labute approximate surface area is 188 Å². The highest BCUT2D eigenvalue weighted by Crippen LogP contribution is 2.29. The van der Waals surface area contributed by atoms with E-state index in [0.29, 0.717) is 0 Å². The van der Waals surface area contributed by atoms with Gasteiger partial charge in [0.25, 0.3) is 0 Å². The zero-order valence-corrected chi connectivity index (χ0v) is 18.2. The molecule has 4 N–H and O–H groups in total. The maximum atomic E-state index is 9.41. The van der Waals surface area contributed by atoms with E-state index in [0.717, 1.165) is 22.3 Å². The van der Waals surface area contributed by atoms with Crippen LogP contribution in [0, 0.1) is 0 Å². The topological polar surface area (TPSA) is 80.9 Å². The van der Waals surface area contributed by atoms with Crippen molar-refractivity contribution < 1.29 is 20.4 Å². The van der Waals surface area contributed by atoms with Gasteiger partial charge in [0.15, 0.2) is 0 Å². The summed E-state index contributed by atoms with van der Waals surface area (Å²) in [5.74, 6) is 1.44. The largest absolute Gasteiger partial charge is 0.508 e. The van der Waals surface area contributed by atoms with Crippen LogP contribution < -0.4 is 0 Å². The summed E-state index contributed by atoms with van der Waals surface area (Å²) in [6, 6.07) is 28.7. The highest BCUT2D eigenvalue weighted by atomic mass is 16.3. The van der Waals surface area contributed by atoms with Gasteiger partial charge in [0.05, 0.1) is 0 Å². The van der Waals surface area contributed by atoms with Crippen molar-refractivity contribution in [3.05, 3.63) is 119 Å².